The van der Waals surface area contributed by atoms with Crippen LogP contribution in [0.2, 0.25) is 0 Å². The van der Waals surface area contributed by atoms with Gasteiger partial charge in [0, 0.05) is 17.3 Å². The number of aromatic nitrogens is 1. The minimum atomic E-state index is -4.85. The Bertz CT molecular complexity index is 920. The lowest BCUT2D eigenvalue weighted by atomic mass is 10.1. The van der Waals surface area contributed by atoms with Crippen LogP contribution in [0.25, 0.3) is 11.3 Å². The van der Waals surface area contributed by atoms with Crippen molar-refractivity contribution >= 4 is 11.6 Å². The Morgan fingerprint density at radius 1 is 1.08 bits per heavy atom. The normalized spacial score (nSPS) is 11.4. The molecule has 0 unspecified atom stereocenters. The van der Waals surface area contributed by atoms with Crippen LogP contribution in [-0.2, 0) is 17.4 Å². The summed E-state index contributed by atoms with van der Waals surface area (Å²) in [5.41, 5.74) is -0.502. The maximum atomic E-state index is 13.3. The third kappa shape index (κ3) is 4.08. The van der Waals surface area contributed by atoms with Crippen molar-refractivity contribution in [2.24, 2.45) is 0 Å². The molecule has 2 aromatic carbocycles. The van der Waals surface area contributed by atoms with E-state index in [2.05, 4.69) is 10.5 Å². The topological polar surface area (TPSA) is 55.1 Å². The SMILES string of the molecule is O=C(Cc1cc(-c2ccccc2)on1)Nc1ccc(F)c(C(F)(F)F)c1. The van der Waals surface area contributed by atoms with E-state index in [9.17, 15) is 22.4 Å². The first-order valence-electron chi connectivity index (χ1n) is 7.50. The van der Waals surface area contributed by atoms with Crippen molar-refractivity contribution in [2.75, 3.05) is 5.32 Å². The largest absolute Gasteiger partial charge is 0.419 e. The zero-order valence-electron chi connectivity index (χ0n) is 13.2. The van der Waals surface area contributed by atoms with E-state index in [1.807, 2.05) is 30.3 Å². The monoisotopic (exact) mass is 364 g/mol. The van der Waals surface area contributed by atoms with Crippen LogP contribution in [0.5, 0.6) is 0 Å². The molecule has 0 bridgehead atoms. The van der Waals surface area contributed by atoms with Gasteiger partial charge < -0.3 is 9.84 Å². The third-order valence-electron chi connectivity index (χ3n) is 3.51. The number of hydrogen-bond donors (Lipinski definition) is 1. The number of halogens is 4. The molecule has 1 aromatic heterocycles. The molecule has 0 aliphatic carbocycles. The molecule has 0 aliphatic heterocycles. The average Bonchev–Trinajstić information content (AvgIpc) is 3.05. The van der Waals surface area contributed by atoms with Gasteiger partial charge in [-0.2, -0.15) is 13.2 Å². The summed E-state index contributed by atoms with van der Waals surface area (Å²) in [5.74, 6) is -1.54. The summed E-state index contributed by atoms with van der Waals surface area (Å²) in [6.45, 7) is 0. The highest BCUT2D eigenvalue weighted by Crippen LogP contribution is 2.33. The number of benzene rings is 2. The van der Waals surface area contributed by atoms with Gasteiger partial charge in [0.15, 0.2) is 5.76 Å². The van der Waals surface area contributed by atoms with Crippen LogP contribution in [0.3, 0.4) is 0 Å². The lowest BCUT2D eigenvalue weighted by Crippen LogP contribution is -2.16. The summed E-state index contributed by atoms with van der Waals surface area (Å²) in [6, 6.07) is 12.9. The predicted molar refractivity (Wildman–Crippen MR) is 85.7 cm³/mol. The van der Waals surface area contributed by atoms with Crippen LogP contribution in [0.15, 0.2) is 59.1 Å². The summed E-state index contributed by atoms with van der Waals surface area (Å²) in [4.78, 5) is 12.0. The molecule has 0 spiro atoms. The van der Waals surface area contributed by atoms with Crippen LogP contribution in [-0.4, -0.2) is 11.1 Å². The lowest BCUT2D eigenvalue weighted by molar-refractivity contribution is -0.140. The van der Waals surface area contributed by atoms with Gasteiger partial charge in [-0.05, 0) is 18.2 Å². The van der Waals surface area contributed by atoms with E-state index in [1.54, 1.807) is 6.07 Å². The van der Waals surface area contributed by atoms with E-state index < -0.39 is 23.5 Å². The van der Waals surface area contributed by atoms with Crippen molar-refractivity contribution in [1.82, 2.24) is 5.16 Å². The second-order valence-corrected chi connectivity index (χ2v) is 5.47. The average molecular weight is 364 g/mol. The van der Waals surface area contributed by atoms with Gasteiger partial charge in [-0.3, -0.25) is 4.79 Å². The van der Waals surface area contributed by atoms with Crippen molar-refractivity contribution in [1.29, 1.82) is 0 Å². The molecule has 1 amide bonds. The van der Waals surface area contributed by atoms with Gasteiger partial charge >= 0.3 is 6.18 Å². The van der Waals surface area contributed by atoms with E-state index in [0.717, 1.165) is 11.6 Å². The maximum absolute atomic E-state index is 13.3. The van der Waals surface area contributed by atoms with Gasteiger partial charge in [0.2, 0.25) is 5.91 Å². The molecule has 0 fully saturated rings. The van der Waals surface area contributed by atoms with Crippen LogP contribution < -0.4 is 5.32 Å². The summed E-state index contributed by atoms with van der Waals surface area (Å²) in [6.07, 6.45) is -5.05. The number of nitrogens with zero attached hydrogens (tertiary/aromatic N) is 1. The first-order chi connectivity index (χ1) is 12.3. The minimum absolute atomic E-state index is 0.157. The highest BCUT2D eigenvalue weighted by Gasteiger charge is 2.34. The Balaban J connectivity index is 1.69. The number of nitrogens with one attached hydrogen (secondary N) is 1. The van der Waals surface area contributed by atoms with E-state index in [-0.39, 0.29) is 12.1 Å². The zero-order chi connectivity index (χ0) is 18.7. The Labute approximate surface area is 145 Å². The molecule has 3 aromatic rings. The smallest absolute Gasteiger partial charge is 0.356 e. The van der Waals surface area contributed by atoms with Gasteiger partial charge in [-0.15, -0.1) is 0 Å². The Morgan fingerprint density at radius 2 is 1.81 bits per heavy atom. The number of amides is 1. The summed E-state index contributed by atoms with van der Waals surface area (Å²) in [7, 11) is 0. The van der Waals surface area contributed by atoms with Gasteiger partial charge in [-0.1, -0.05) is 35.5 Å². The lowest BCUT2D eigenvalue weighted by Gasteiger charge is -2.10. The van der Waals surface area contributed by atoms with Gasteiger partial charge in [0.25, 0.3) is 0 Å². The molecule has 1 N–H and O–H groups in total. The number of anilines is 1. The minimum Gasteiger partial charge on any atom is -0.356 e. The summed E-state index contributed by atoms with van der Waals surface area (Å²) in [5, 5.41) is 6.06. The molecular formula is C18H12F4N2O2. The van der Waals surface area contributed by atoms with E-state index in [1.165, 1.54) is 0 Å². The molecule has 0 radical (unpaired) electrons. The number of alkyl halides is 3. The fourth-order valence-corrected chi connectivity index (χ4v) is 2.32. The van der Waals surface area contributed by atoms with Crippen molar-refractivity contribution in [2.45, 2.75) is 12.6 Å². The quantitative estimate of drug-likeness (QED) is 0.684. The van der Waals surface area contributed by atoms with Crippen LogP contribution >= 0.6 is 0 Å². The molecule has 0 saturated heterocycles. The fourth-order valence-electron chi connectivity index (χ4n) is 2.32. The van der Waals surface area contributed by atoms with Crippen LogP contribution in [0.1, 0.15) is 11.3 Å². The molecular weight excluding hydrogens is 352 g/mol. The number of carbonyl (C=O) groups excluding carboxylic acids is 1. The molecule has 8 heteroatoms. The molecule has 134 valence electrons. The summed E-state index contributed by atoms with van der Waals surface area (Å²) < 4.78 is 56.5. The van der Waals surface area contributed by atoms with Crippen LogP contribution in [0, 0.1) is 5.82 Å². The van der Waals surface area contributed by atoms with Crippen molar-refractivity contribution in [3.8, 4) is 11.3 Å². The molecule has 0 atom stereocenters. The molecule has 26 heavy (non-hydrogen) atoms. The number of carbonyl (C=O) groups is 1. The Hall–Kier alpha value is -3.16. The maximum Gasteiger partial charge on any atom is 0.419 e. The van der Waals surface area contributed by atoms with E-state index >= 15 is 0 Å². The number of hydrogen-bond acceptors (Lipinski definition) is 3. The molecule has 3 rings (SSSR count). The first kappa shape index (κ1) is 17.7. The fraction of sp³-hybridized carbons (Fsp3) is 0.111. The molecule has 1 heterocycles. The third-order valence-corrected chi connectivity index (χ3v) is 3.51. The van der Waals surface area contributed by atoms with E-state index in [0.29, 0.717) is 23.6 Å². The summed E-state index contributed by atoms with van der Waals surface area (Å²) >= 11 is 0. The highest BCUT2D eigenvalue weighted by molar-refractivity contribution is 5.92. The van der Waals surface area contributed by atoms with Crippen molar-refractivity contribution < 1.29 is 26.9 Å². The Kier molecular flexibility index (Phi) is 4.75. The van der Waals surface area contributed by atoms with Gasteiger partial charge in [-0.25, -0.2) is 4.39 Å². The highest BCUT2D eigenvalue weighted by atomic mass is 19.4. The van der Waals surface area contributed by atoms with Crippen molar-refractivity contribution in [3.63, 3.8) is 0 Å². The number of rotatable bonds is 4. The van der Waals surface area contributed by atoms with E-state index in [4.69, 9.17) is 4.52 Å². The molecule has 0 aliphatic rings. The first-order valence-corrected chi connectivity index (χ1v) is 7.50. The second kappa shape index (κ2) is 6.99. The zero-order valence-corrected chi connectivity index (χ0v) is 13.2. The standard InChI is InChI=1S/C18H12F4N2O2/c19-15-7-6-12(8-14(15)18(20,21)22)23-17(25)10-13-9-16(26-24-13)11-4-2-1-3-5-11/h1-9H,10H2,(H,23,25). The molecule has 4 nitrogen and oxygen atoms in total. The van der Waals surface area contributed by atoms with Gasteiger partial charge in [0.05, 0.1) is 17.7 Å². The van der Waals surface area contributed by atoms with Gasteiger partial charge in [0.1, 0.15) is 5.82 Å². The predicted octanol–water partition coefficient (Wildman–Crippen LogP) is 4.68. The Morgan fingerprint density at radius 3 is 2.50 bits per heavy atom. The second-order valence-electron chi connectivity index (χ2n) is 5.47. The van der Waals surface area contributed by atoms with Crippen molar-refractivity contribution in [3.05, 3.63) is 71.7 Å². The molecule has 0 saturated carbocycles. The van der Waals surface area contributed by atoms with Crippen LogP contribution in [0.4, 0.5) is 23.2 Å².